The van der Waals surface area contributed by atoms with Gasteiger partial charge in [0.05, 0.1) is 20.4 Å². The van der Waals surface area contributed by atoms with Gasteiger partial charge in [0.15, 0.2) is 16.6 Å². The molecule has 0 spiro atoms. The lowest BCUT2D eigenvalue weighted by atomic mass is 10.2. The predicted molar refractivity (Wildman–Crippen MR) is 101 cm³/mol. The van der Waals surface area contributed by atoms with Crippen LogP contribution in [-0.2, 0) is 0 Å². The van der Waals surface area contributed by atoms with Crippen molar-refractivity contribution >= 4 is 45.2 Å². The maximum atomic E-state index is 13.6. The molecule has 2 N–H and O–H groups in total. The Kier molecular flexibility index (Phi) is 6.51. The van der Waals surface area contributed by atoms with E-state index in [1.165, 1.54) is 12.3 Å². The van der Waals surface area contributed by atoms with Crippen LogP contribution in [0.2, 0.25) is 0 Å². The van der Waals surface area contributed by atoms with Crippen LogP contribution in [0.25, 0.3) is 0 Å². The van der Waals surface area contributed by atoms with E-state index in [2.05, 4.69) is 31.8 Å². The fourth-order valence-corrected chi connectivity index (χ4v) is 2.40. The summed E-state index contributed by atoms with van der Waals surface area (Å²) in [6.45, 7) is 0. The number of hydrazone groups is 1. The number of anilines is 1. The minimum absolute atomic E-state index is 0.258. The summed E-state index contributed by atoms with van der Waals surface area (Å²) in [4.78, 5) is 0. The van der Waals surface area contributed by atoms with Gasteiger partial charge >= 0.3 is 0 Å². The Labute approximate surface area is 153 Å². The summed E-state index contributed by atoms with van der Waals surface area (Å²) in [6, 6.07) is 9.86. The topological polar surface area (TPSA) is 54.9 Å². The highest BCUT2D eigenvalue weighted by atomic mass is 79.9. The average molecular weight is 412 g/mol. The van der Waals surface area contributed by atoms with E-state index >= 15 is 0 Å². The first-order valence-electron chi connectivity index (χ1n) is 6.80. The number of rotatable bonds is 5. The largest absolute Gasteiger partial charge is 0.493 e. The van der Waals surface area contributed by atoms with E-state index in [4.69, 9.17) is 21.7 Å². The molecule has 0 fully saturated rings. The van der Waals surface area contributed by atoms with Crippen LogP contribution in [0.5, 0.6) is 11.5 Å². The smallest absolute Gasteiger partial charge is 0.191 e. The van der Waals surface area contributed by atoms with Gasteiger partial charge in [0.25, 0.3) is 0 Å². The fraction of sp³-hybridized carbons (Fsp3) is 0.125. The molecule has 0 bridgehead atoms. The van der Waals surface area contributed by atoms with Crippen molar-refractivity contribution in [3.05, 3.63) is 52.3 Å². The Hall–Kier alpha value is -2.19. The number of hydrogen-bond acceptors (Lipinski definition) is 4. The number of nitrogens with zero attached hydrogens (tertiary/aromatic N) is 1. The molecule has 0 heterocycles. The van der Waals surface area contributed by atoms with Crippen molar-refractivity contribution in [2.75, 3.05) is 19.5 Å². The first-order valence-corrected chi connectivity index (χ1v) is 8.00. The van der Waals surface area contributed by atoms with Gasteiger partial charge in [0.2, 0.25) is 0 Å². The third kappa shape index (κ3) is 4.90. The number of halogens is 2. The summed E-state index contributed by atoms with van der Waals surface area (Å²) in [5.41, 5.74) is 3.67. The summed E-state index contributed by atoms with van der Waals surface area (Å²) < 4.78 is 24.7. The molecule has 5 nitrogen and oxygen atoms in total. The molecule has 126 valence electrons. The standard InChI is InChI=1S/C16H15BrFN3O2S/c1-22-14-6-4-12(8-15(14)23-2)20-16(24)21-19-9-10-7-11(17)3-5-13(10)18/h3-9H,1-2H3,(H2,20,21,24)/b19-9-. The van der Waals surface area contributed by atoms with Gasteiger partial charge in [-0.1, -0.05) is 15.9 Å². The van der Waals surface area contributed by atoms with Gasteiger partial charge < -0.3 is 14.8 Å². The second kappa shape index (κ2) is 8.60. The summed E-state index contributed by atoms with van der Waals surface area (Å²) in [5, 5.41) is 7.13. The molecule has 2 rings (SSSR count). The third-order valence-corrected chi connectivity index (χ3v) is 3.66. The Morgan fingerprint density at radius 3 is 2.62 bits per heavy atom. The molecule has 0 amide bonds. The average Bonchev–Trinajstić information content (AvgIpc) is 2.57. The molecule has 2 aromatic carbocycles. The van der Waals surface area contributed by atoms with Crippen molar-refractivity contribution in [2.24, 2.45) is 5.10 Å². The fourth-order valence-electron chi connectivity index (χ4n) is 1.85. The first kappa shape index (κ1) is 18.2. The Balaban J connectivity index is 1.98. The number of ether oxygens (including phenoxy) is 2. The molecule has 24 heavy (non-hydrogen) atoms. The second-order valence-corrected chi connectivity index (χ2v) is 5.88. The van der Waals surface area contributed by atoms with Crippen molar-refractivity contribution in [2.45, 2.75) is 0 Å². The first-order chi connectivity index (χ1) is 11.5. The van der Waals surface area contributed by atoms with Crippen LogP contribution in [-0.4, -0.2) is 25.5 Å². The molecule has 8 heteroatoms. The summed E-state index contributed by atoms with van der Waals surface area (Å²) in [7, 11) is 3.11. The van der Waals surface area contributed by atoms with Crippen LogP contribution < -0.4 is 20.2 Å². The Bertz CT molecular complexity index is 771. The summed E-state index contributed by atoms with van der Waals surface area (Å²) in [5.74, 6) is 0.817. The van der Waals surface area contributed by atoms with Crippen molar-refractivity contribution in [1.29, 1.82) is 0 Å². The van der Waals surface area contributed by atoms with Crippen molar-refractivity contribution in [3.63, 3.8) is 0 Å². The van der Waals surface area contributed by atoms with Gasteiger partial charge in [0.1, 0.15) is 5.82 Å². The van der Waals surface area contributed by atoms with Crippen molar-refractivity contribution < 1.29 is 13.9 Å². The van der Waals surface area contributed by atoms with Crippen LogP contribution in [0.15, 0.2) is 46.0 Å². The van der Waals surface area contributed by atoms with Crippen LogP contribution in [0, 0.1) is 5.82 Å². The molecular weight excluding hydrogens is 397 g/mol. The monoisotopic (exact) mass is 411 g/mol. The van der Waals surface area contributed by atoms with Gasteiger partial charge in [-0.15, -0.1) is 0 Å². The van der Waals surface area contributed by atoms with E-state index in [-0.39, 0.29) is 10.9 Å². The number of nitrogens with one attached hydrogen (secondary N) is 2. The summed E-state index contributed by atoms with van der Waals surface area (Å²) >= 11 is 8.42. The molecule has 0 aromatic heterocycles. The van der Waals surface area contributed by atoms with Crippen LogP contribution >= 0.6 is 28.1 Å². The Morgan fingerprint density at radius 2 is 1.92 bits per heavy atom. The maximum absolute atomic E-state index is 13.6. The van der Waals surface area contributed by atoms with E-state index in [1.54, 1.807) is 44.6 Å². The van der Waals surface area contributed by atoms with E-state index in [9.17, 15) is 4.39 Å². The molecule has 0 radical (unpaired) electrons. The lowest BCUT2D eigenvalue weighted by Crippen LogP contribution is -2.23. The number of benzene rings is 2. The molecule has 0 unspecified atom stereocenters. The lowest BCUT2D eigenvalue weighted by molar-refractivity contribution is 0.355. The molecule has 0 saturated heterocycles. The number of methoxy groups -OCH3 is 2. The van der Waals surface area contributed by atoms with Gasteiger partial charge in [0, 0.05) is 21.8 Å². The molecular formula is C16H15BrFN3O2S. The molecule has 2 aromatic rings. The van der Waals surface area contributed by atoms with E-state index in [1.807, 2.05) is 0 Å². The van der Waals surface area contributed by atoms with Gasteiger partial charge in [-0.2, -0.15) is 5.10 Å². The van der Waals surface area contributed by atoms with Crippen LogP contribution in [0.3, 0.4) is 0 Å². The molecule has 0 saturated carbocycles. The Morgan fingerprint density at radius 1 is 1.17 bits per heavy atom. The molecule has 0 atom stereocenters. The SMILES string of the molecule is COc1ccc(NC(=S)N/N=C\c2cc(Br)ccc2F)cc1OC. The zero-order chi connectivity index (χ0) is 17.5. The lowest BCUT2D eigenvalue weighted by Gasteiger charge is -2.11. The highest BCUT2D eigenvalue weighted by Gasteiger charge is 2.05. The van der Waals surface area contributed by atoms with Gasteiger partial charge in [-0.05, 0) is 42.5 Å². The minimum atomic E-state index is -0.373. The van der Waals surface area contributed by atoms with Crippen molar-refractivity contribution in [1.82, 2.24) is 5.43 Å². The second-order valence-electron chi connectivity index (χ2n) is 4.56. The highest BCUT2D eigenvalue weighted by Crippen LogP contribution is 2.29. The number of thiocarbonyl (C=S) groups is 1. The van der Waals surface area contributed by atoms with Crippen LogP contribution in [0.4, 0.5) is 10.1 Å². The zero-order valence-corrected chi connectivity index (χ0v) is 15.4. The van der Waals surface area contributed by atoms with Crippen molar-refractivity contribution in [3.8, 4) is 11.5 Å². The van der Waals surface area contributed by atoms with E-state index in [0.29, 0.717) is 22.7 Å². The minimum Gasteiger partial charge on any atom is -0.493 e. The van der Waals surface area contributed by atoms with E-state index in [0.717, 1.165) is 4.47 Å². The highest BCUT2D eigenvalue weighted by molar-refractivity contribution is 9.10. The zero-order valence-electron chi connectivity index (χ0n) is 13.0. The number of hydrogen-bond donors (Lipinski definition) is 2. The molecule has 0 aliphatic heterocycles. The van der Waals surface area contributed by atoms with E-state index < -0.39 is 0 Å². The van der Waals surface area contributed by atoms with Gasteiger partial charge in [-0.3, -0.25) is 5.43 Å². The molecule has 0 aliphatic rings. The van der Waals surface area contributed by atoms with Gasteiger partial charge in [-0.25, -0.2) is 4.39 Å². The predicted octanol–water partition coefficient (Wildman–Crippen LogP) is 3.93. The normalized spacial score (nSPS) is 10.5. The molecule has 0 aliphatic carbocycles. The van der Waals surface area contributed by atoms with Crippen LogP contribution in [0.1, 0.15) is 5.56 Å². The quantitative estimate of drug-likeness (QED) is 0.443. The maximum Gasteiger partial charge on any atom is 0.191 e. The summed E-state index contributed by atoms with van der Waals surface area (Å²) in [6.07, 6.45) is 1.35. The third-order valence-electron chi connectivity index (χ3n) is 2.97.